The molecule has 0 amide bonds. The van der Waals surface area contributed by atoms with E-state index in [1.807, 2.05) is 0 Å². The molecule has 0 heterocycles. The van der Waals surface area contributed by atoms with Gasteiger partial charge in [0.15, 0.2) is 0 Å². The predicted molar refractivity (Wildman–Crippen MR) is 83.6 cm³/mol. The summed E-state index contributed by atoms with van der Waals surface area (Å²) < 4.78 is 49.8. The van der Waals surface area contributed by atoms with E-state index in [0.717, 1.165) is 0 Å². The van der Waals surface area contributed by atoms with Crippen molar-refractivity contribution in [2.24, 2.45) is 10.3 Å². The fourth-order valence-corrected chi connectivity index (χ4v) is 2.04. The maximum absolute atomic E-state index is 11.1. The molecule has 0 aliphatic carbocycles. The molecule has 22 heavy (non-hydrogen) atoms. The Hall–Kier alpha value is -1.94. The van der Waals surface area contributed by atoms with Gasteiger partial charge < -0.3 is 4.74 Å². The van der Waals surface area contributed by atoms with Crippen molar-refractivity contribution >= 4 is 20.0 Å². The van der Waals surface area contributed by atoms with Gasteiger partial charge >= 0.3 is 0 Å². The zero-order chi connectivity index (χ0) is 17.0. The number of hydrogen-bond acceptors (Lipinski definition) is 5. The third-order valence-electron chi connectivity index (χ3n) is 2.52. The first-order valence-corrected chi connectivity index (χ1v) is 8.98. The lowest BCUT2D eigenvalue weighted by Gasteiger charge is -2.06. The van der Waals surface area contributed by atoms with Gasteiger partial charge in [-0.25, -0.2) is 27.1 Å². The molecule has 120 valence electrons. The largest absolute Gasteiger partial charge is 0.457 e. The minimum atomic E-state index is -3.77. The van der Waals surface area contributed by atoms with E-state index in [4.69, 9.17) is 15.0 Å². The van der Waals surface area contributed by atoms with E-state index in [2.05, 4.69) is 6.58 Å². The minimum Gasteiger partial charge on any atom is -0.457 e. The van der Waals surface area contributed by atoms with E-state index in [1.54, 1.807) is 0 Å². The van der Waals surface area contributed by atoms with Crippen LogP contribution in [0, 0.1) is 0 Å². The van der Waals surface area contributed by atoms with E-state index < -0.39 is 20.0 Å². The lowest BCUT2D eigenvalue weighted by molar-refractivity contribution is 0.444. The third kappa shape index (κ3) is 5.45. The second kappa shape index (κ2) is 6.88. The number of hydrogen-bond donors (Lipinski definition) is 2. The number of primary sulfonamides is 2. The highest BCUT2D eigenvalue weighted by Crippen LogP contribution is 2.18. The van der Waals surface area contributed by atoms with Crippen LogP contribution in [0.4, 0.5) is 0 Å². The van der Waals surface area contributed by atoms with Gasteiger partial charge in [-0.1, -0.05) is 6.58 Å². The molecule has 0 radical (unpaired) electrons. The molecule has 1 aromatic rings. The van der Waals surface area contributed by atoms with Gasteiger partial charge in [-0.15, -0.1) is 0 Å². The minimum absolute atomic E-state index is 0.0416. The molecule has 9 heteroatoms. The van der Waals surface area contributed by atoms with E-state index in [9.17, 15) is 16.8 Å². The first kappa shape index (κ1) is 18.1. The molecule has 0 fully saturated rings. The molecule has 0 aliphatic heterocycles. The summed E-state index contributed by atoms with van der Waals surface area (Å²) in [6.07, 6.45) is 4.01. The van der Waals surface area contributed by atoms with Gasteiger partial charge in [-0.2, -0.15) is 0 Å². The Morgan fingerprint density at radius 3 is 2.05 bits per heavy atom. The molecule has 0 saturated carbocycles. The van der Waals surface area contributed by atoms with Crippen molar-refractivity contribution < 1.29 is 21.6 Å². The smallest absolute Gasteiger partial charge is 0.238 e. The number of benzene rings is 1. The number of allylic oxidation sites excluding steroid dienone is 4. The lowest BCUT2D eigenvalue weighted by atomic mass is 10.3. The summed E-state index contributed by atoms with van der Waals surface area (Å²) in [6.45, 7) is 4.88. The fraction of sp³-hybridized carbons (Fsp3) is 0.0769. The van der Waals surface area contributed by atoms with Crippen molar-refractivity contribution in [2.75, 3.05) is 0 Å². The van der Waals surface area contributed by atoms with Crippen LogP contribution in [-0.4, -0.2) is 16.8 Å². The summed E-state index contributed by atoms with van der Waals surface area (Å²) in [6, 6.07) is 5.40. The first-order chi connectivity index (χ1) is 10.0. The van der Waals surface area contributed by atoms with Gasteiger partial charge in [0.05, 0.1) is 9.80 Å². The van der Waals surface area contributed by atoms with Crippen LogP contribution in [0.5, 0.6) is 5.75 Å². The fourth-order valence-electron chi connectivity index (χ4n) is 1.27. The number of sulfonamides is 2. The first-order valence-electron chi connectivity index (χ1n) is 5.88. The Kier molecular flexibility index (Phi) is 5.66. The molecule has 4 N–H and O–H groups in total. The van der Waals surface area contributed by atoms with E-state index >= 15 is 0 Å². The Bertz CT molecular complexity index is 820. The van der Waals surface area contributed by atoms with Crippen molar-refractivity contribution in [1.82, 2.24) is 0 Å². The molecule has 0 atom stereocenters. The van der Waals surface area contributed by atoms with Crippen molar-refractivity contribution in [1.29, 1.82) is 0 Å². The average molecular weight is 344 g/mol. The third-order valence-corrected chi connectivity index (χ3v) is 4.48. The van der Waals surface area contributed by atoms with Crippen molar-refractivity contribution in [3.05, 3.63) is 59.7 Å². The molecule has 0 unspecified atom stereocenters. The van der Waals surface area contributed by atoms with Crippen LogP contribution in [0.25, 0.3) is 0 Å². The Balaban J connectivity index is 2.99. The maximum atomic E-state index is 11.1. The summed E-state index contributed by atoms with van der Waals surface area (Å²) in [5.74, 6) is 0.589. The van der Waals surface area contributed by atoms with Crippen LogP contribution in [0.15, 0.2) is 64.6 Å². The second-order valence-corrected chi connectivity index (χ2v) is 7.51. The van der Waals surface area contributed by atoms with Crippen molar-refractivity contribution in [3.8, 4) is 5.75 Å². The van der Waals surface area contributed by atoms with Gasteiger partial charge in [0.1, 0.15) is 11.5 Å². The van der Waals surface area contributed by atoms with Gasteiger partial charge in [-0.3, -0.25) is 0 Å². The van der Waals surface area contributed by atoms with E-state index in [0.29, 0.717) is 5.75 Å². The SMILES string of the molecule is C=C/C(=C\C=C(/C)S(N)(=O)=O)Oc1ccc(S(N)(=O)=O)cc1. The average Bonchev–Trinajstić information content (AvgIpc) is 2.41. The van der Waals surface area contributed by atoms with E-state index in [1.165, 1.54) is 49.4 Å². The molecule has 7 nitrogen and oxygen atoms in total. The predicted octanol–water partition coefficient (Wildman–Crippen LogP) is 0.975. The lowest BCUT2D eigenvalue weighted by Crippen LogP contribution is -2.12. The summed E-state index contributed by atoms with van der Waals surface area (Å²) in [4.78, 5) is -0.0889. The summed E-state index contributed by atoms with van der Waals surface area (Å²) in [5.41, 5.74) is 0. The normalized spacial score (nSPS) is 13.8. The highest BCUT2D eigenvalue weighted by molar-refractivity contribution is 7.93. The molecule has 1 aromatic carbocycles. The highest BCUT2D eigenvalue weighted by Gasteiger charge is 2.08. The molecular formula is C13H16N2O5S2. The van der Waals surface area contributed by atoms with Gasteiger partial charge in [0, 0.05) is 0 Å². The van der Waals surface area contributed by atoms with Crippen LogP contribution in [0.1, 0.15) is 6.92 Å². The summed E-state index contributed by atoms with van der Waals surface area (Å²) >= 11 is 0. The Morgan fingerprint density at radius 2 is 1.64 bits per heavy atom. The molecule has 0 aromatic heterocycles. The van der Waals surface area contributed by atoms with Crippen LogP contribution in [0.3, 0.4) is 0 Å². The molecule has 0 spiro atoms. The van der Waals surface area contributed by atoms with Crippen LogP contribution in [-0.2, 0) is 20.0 Å². The molecule has 0 bridgehead atoms. The zero-order valence-electron chi connectivity index (χ0n) is 11.8. The standard InChI is InChI=1S/C13H16N2O5S2/c1-3-11(5-4-10(2)21(14,16)17)20-12-6-8-13(9-7-12)22(15,18)19/h3-9H,1H2,2H3,(H2,14,16,17)(H2,15,18,19)/b10-4+,11-5+. The number of nitrogens with two attached hydrogens (primary N) is 2. The van der Waals surface area contributed by atoms with Gasteiger partial charge in [0.2, 0.25) is 20.0 Å². The number of rotatable bonds is 6. The number of ether oxygens (including phenoxy) is 1. The molecule has 0 saturated heterocycles. The molecule has 0 aliphatic rings. The van der Waals surface area contributed by atoms with Crippen LogP contribution in [0.2, 0.25) is 0 Å². The van der Waals surface area contributed by atoms with Gasteiger partial charge in [0.25, 0.3) is 0 Å². The maximum Gasteiger partial charge on any atom is 0.238 e. The zero-order valence-corrected chi connectivity index (χ0v) is 13.4. The summed E-state index contributed by atoms with van der Waals surface area (Å²) in [7, 11) is -7.53. The van der Waals surface area contributed by atoms with Gasteiger partial charge in [-0.05, 0) is 49.4 Å². The monoisotopic (exact) mass is 344 g/mol. The summed E-state index contributed by atoms with van der Waals surface area (Å²) in [5, 5.41) is 9.94. The Morgan fingerprint density at radius 1 is 1.09 bits per heavy atom. The molecule has 1 rings (SSSR count). The van der Waals surface area contributed by atoms with Crippen molar-refractivity contribution in [2.45, 2.75) is 11.8 Å². The van der Waals surface area contributed by atoms with E-state index in [-0.39, 0.29) is 15.6 Å². The quantitative estimate of drug-likeness (QED) is 0.587. The van der Waals surface area contributed by atoms with Crippen molar-refractivity contribution in [3.63, 3.8) is 0 Å². The van der Waals surface area contributed by atoms with Crippen LogP contribution >= 0.6 is 0 Å². The Labute approximate surface area is 129 Å². The second-order valence-electron chi connectivity index (χ2n) is 4.21. The topological polar surface area (TPSA) is 130 Å². The highest BCUT2D eigenvalue weighted by atomic mass is 32.2. The van der Waals surface area contributed by atoms with Crippen LogP contribution < -0.4 is 15.0 Å². The molecular weight excluding hydrogens is 328 g/mol.